The number of carbonyl (C=O) groups excluding carboxylic acids is 1. The van der Waals surface area contributed by atoms with Crippen LogP contribution in [0.3, 0.4) is 0 Å². The molecule has 2 rings (SSSR count). The van der Waals surface area contributed by atoms with E-state index in [4.69, 9.17) is 4.74 Å². The highest BCUT2D eigenvalue weighted by atomic mass is 16.5. The van der Waals surface area contributed by atoms with E-state index in [-0.39, 0.29) is 24.2 Å². The first kappa shape index (κ1) is 16.0. The van der Waals surface area contributed by atoms with Crippen LogP contribution in [-0.2, 0) is 9.53 Å². The highest BCUT2D eigenvalue weighted by molar-refractivity contribution is 5.84. The molecule has 1 aromatic carbocycles. The third-order valence-electron chi connectivity index (χ3n) is 4.21. The van der Waals surface area contributed by atoms with Gasteiger partial charge < -0.3 is 9.64 Å². The standard InChI is InChI=1S/C17H26N2O2/c1-5-14(11-21-4)19-16(18-15(6-2)17(19)20)13-9-7-12(3)8-10-13/h7-10,14-16,18H,5-6,11H2,1-4H3. The summed E-state index contributed by atoms with van der Waals surface area (Å²) in [6.07, 6.45) is 1.64. The molecule has 1 aliphatic heterocycles. The molecule has 0 saturated carbocycles. The Bertz CT molecular complexity index is 472. The monoisotopic (exact) mass is 290 g/mol. The molecule has 3 unspecified atom stereocenters. The minimum Gasteiger partial charge on any atom is -0.383 e. The lowest BCUT2D eigenvalue weighted by Gasteiger charge is -2.32. The van der Waals surface area contributed by atoms with Crippen LogP contribution in [0, 0.1) is 6.92 Å². The third-order valence-corrected chi connectivity index (χ3v) is 4.21. The van der Waals surface area contributed by atoms with Crippen molar-refractivity contribution in [3.63, 3.8) is 0 Å². The molecule has 116 valence electrons. The average Bonchev–Trinajstić information content (AvgIpc) is 2.82. The minimum atomic E-state index is -0.0952. The van der Waals surface area contributed by atoms with Crippen molar-refractivity contribution in [2.45, 2.75) is 51.9 Å². The van der Waals surface area contributed by atoms with Crippen LogP contribution in [0.1, 0.15) is 44.0 Å². The predicted molar refractivity (Wildman–Crippen MR) is 83.9 cm³/mol. The quantitative estimate of drug-likeness (QED) is 0.875. The molecular formula is C17H26N2O2. The van der Waals surface area contributed by atoms with E-state index in [1.807, 2.05) is 11.8 Å². The Hall–Kier alpha value is -1.39. The molecule has 0 aromatic heterocycles. The van der Waals surface area contributed by atoms with Gasteiger partial charge in [0.25, 0.3) is 0 Å². The van der Waals surface area contributed by atoms with Crippen molar-refractivity contribution < 1.29 is 9.53 Å². The highest BCUT2D eigenvalue weighted by Crippen LogP contribution is 2.29. The predicted octanol–water partition coefficient (Wildman–Crippen LogP) is 2.63. The molecule has 1 amide bonds. The normalized spacial score (nSPS) is 23.6. The van der Waals surface area contributed by atoms with Crippen LogP contribution < -0.4 is 5.32 Å². The summed E-state index contributed by atoms with van der Waals surface area (Å²) in [5.74, 6) is 0.187. The van der Waals surface area contributed by atoms with Gasteiger partial charge in [0.1, 0.15) is 6.17 Å². The zero-order valence-corrected chi connectivity index (χ0v) is 13.4. The molecule has 4 heteroatoms. The molecular weight excluding hydrogens is 264 g/mol. The molecule has 0 aliphatic carbocycles. The smallest absolute Gasteiger partial charge is 0.241 e. The molecule has 0 bridgehead atoms. The van der Waals surface area contributed by atoms with Crippen molar-refractivity contribution in [1.29, 1.82) is 0 Å². The van der Waals surface area contributed by atoms with E-state index in [1.165, 1.54) is 5.56 Å². The van der Waals surface area contributed by atoms with Crippen molar-refractivity contribution in [3.05, 3.63) is 35.4 Å². The summed E-state index contributed by atoms with van der Waals surface area (Å²) < 4.78 is 5.31. The van der Waals surface area contributed by atoms with E-state index < -0.39 is 0 Å². The second-order valence-electron chi connectivity index (χ2n) is 5.70. The van der Waals surface area contributed by atoms with Crippen LogP contribution in [0.4, 0.5) is 0 Å². The van der Waals surface area contributed by atoms with Crippen LogP contribution in [0.5, 0.6) is 0 Å². The lowest BCUT2D eigenvalue weighted by molar-refractivity contribution is -0.133. The van der Waals surface area contributed by atoms with Crippen LogP contribution in [0.2, 0.25) is 0 Å². The van der Waals surface area contributed by atoms with Gasteiger partial charge in [0.15, 0.2) is 0 Å². The maximum absolute atomic E-state index is 12.7. The maximum atomic E-state index is 12.7. The van der Waals surface area contributed by atoms with Crippen LogP contribution in [0.15, 0.2) is 24.3 Å². The SMILES string of the molecule is CCC1NC(c2ccc(C)cc2)N(C(CC)COC)C1=O. The van der Waals surface area contributed by atoms with Crippen LogP contribution in [0.25, 0.3) is 0 Å². The van der Waals surface area contributed by atoms with E-state index >= 15 is 0 Å². The molecule has 4 nitrogen and oxygen atoms in total. The molecule has 0 spiro atoms. The second kappa shape index (κ2) is 7.05. The third kappa shape index (κ3) is 3.27. The number of amides is 1. The zero-order chi connectivity index (χ0) is 15.4. The Kier molecular flexibility index (Phi) is 5.37. The van der Waals surface area contributed by atoms with Gasteiger partial charge in [0.2, 0.25) is 5.91 Å². The number of hydrogen-bond donors (Lipinski definition) is 1. The van der Waals surface area contributed by atoms with Crippen molar-refractivity contribution >= 4 is 5.91 Å². The molecule has 1 N–H and O–H groups in total. The molecule has 1 aliphatic rings. The molecule has 1 saturated heterocycles. The fourth-order valence-electron chi connectivity index (χ4n) is 2.93. The van der Waals surface area contributed by atoms with Crippen molar-refractivity contribution in [2.24, 2.45) is 0 Å². The number of nitrogens with one attached hydrogen (secondary N) is 1. The van der Waals surface area contributed by atoms with Gasteiger partial charge in [-0.05, 0) is 25.3 Å². The number of rotatable bonds is 6. The van der Waals surface area contributed by atoms with Gasteiger partial charge in [-0.3, -0.25) is 10.1 Å². The largest absolute Gasteiger partial charge is 0.383 e. The Labute approximate surface area is 127 Å². The second-order valence-corrected chi connectivity index (χ2v) is 5.70. The Morgan fingerprint density at radius 2 is 1.95 bits per heavy atom. The summed E-state index contributed by atoms with van der Waals surface area (Å²) in [5.41, 5.74) is 2.37. The fourth-order valence-corrected chi connectivity index (χ4v) is 2.93. The molecule has 21 heavy (non-hydrogen) atoms. The maximum Gasteiger partial charge on any atom is 0.241 e. The van der Waals surface area contributed by atoms with Crippen molar-refractivity contribution in [2.75, 3.05) is 13.7 Å². The summed E-state index contributed by atoms with van der Waals surface area (Å²) in [6.45, 7) is 6.79. The van der Waals surface area contributed by atoms with E-state index in [2.05, 4.69) is 43.4 Å². The van der Waals surface area contributed by atoms with Crippen molar-refractivity contribution in [1.82, 2.24) is 10.2 Å². The van der Waals surface area contributed by atoms with Gasteiger partial charge in [-0.1, -0.05) is 43.7 Å². The number of methoxy groups -OCH3 is 1. The first-order valence-corrected chi connectivity index (χ1v) is 7.76. The zero-order valence-electron chi connectivity index (χ0n) is 13.4. The molecule has 1 aromatic rings. The van der Waals surface area contributed by atoms with Gasteiger partial charge >= 0.3 is 0 Å². The molecule has 1 heterocycles. The Morgan fingerprint density at radius 3 is 2.48 bits per heavy atom. The molecule has 3 atom stereocenters. The molecule has 0 radical (unpaired) electrons. The topological polar surface area (TPSA) is 41.6 Å². The van der Waals surface area contributed by atoms with Gasteiger partial charge in [0.05, 0.1) is 18.7 Å². The Morgan fingerprint density at radius 1 is 1.29 bits per heavy atom. The summed E-state index contributed by atoms with van der Waals surface area (Å²) in [5, 5.41) is 3.47. The van der Waals surface area contributed by atoms with E-state index in [9.17, 15) is 4.79 Å². The summed E-state index contributed by atoms with van der Waals surface area (Å²) in [7, 11) is 1.69. The summed E-state index contributed by atoms with van der Waals surface area (Å²) >= 11 is 0. The van der Waals surface area contributed by atoms with E-state index in [0.717, 1.165) is 18.4 Å². The fraction of sp³-hybridized carbons (Fsp3) is 0.588. The van der Waals surface area contributed by atoms with Crippen molar-refractivity contribution in [3.8, 4) is 0 Å². The highest BCUT2D eigenvalue weighted by Gasteiger charge is 2.41. The van der Waals surface area contributed by atoms with E-state index in [1.54, 1.807) is 7.11 Å². The number of benzene rings is 1. The minimum absolute atomic E-state index is 0.0526. The van der Waals surface area contributed by atoms with Crippen LogP contribution >= 0.6 is 0 Å². The van der Waals surface area contributed by atoms with Gasteiger partial charge in [0, 0.05) is 7.11 Å². The Balaban J connectivity index is 2.31. The average molecular weight is 290 g/mol. The van der Waals surface area contributed by atoms with E-state index in [0.29, 0.717) is 6.61 Å². The summed E-state index contributed by atoms with van der Waals surface area (Å²) in [4.78, 5) is 14.6. The number of hydrogen-bond acceptors (Lipinski definition) is 3. The number of aryl methyl sites for hydroxylation is 1. The summed E-state index contributed by atoms with van der Waals surface area (Å²) in [6, 6.07) is 8.40. The molecule has 1 fully saturated rings. The van der Waals surface area contributed by atoms with Gasteiger partial charge in [-0.25, -0.2) is 0 Å². The number of carbonyl (C=O) groups is 1. The number of ether oxygens (including phenoxy) is 1. The van der Waals surface area contributed by atoms with Gasteiger partial charge in [-0.2, -0.15) is 0 Å². The lowest BCUT2D eigenvalue weighted by atomic mass is 10.1. The lowest BCUT2D eigenvalue weighted by Crippen LogP contribution is -2.42. The number of nitrogens with zero attached hydrogens (tertiary/aromatic N) is 1. The van der Waals surface area contributed by atoms with Gasteiger partial charge in [-0.15, -0.1) is 0 Å². The first-order valence-electron chi connectivity index (χ1n) is 7.76. The van der Waals surface area contributed by atoms with Crippen LogP contribution in [-0.4, -0.2) is 36.6 Å². The first-order chi connectivity index (χ1) is 10.1.